The van der Waals surface area contributed by atoms with E-state index in [1.807, 2.05) is 6.07 Å². The first-order valence-electron chi connectivity index (χ1n) is 10.2. The number of hydrazone groups is 1. The molecule has 2 heterocycles. The van der Waals surface area contributed by atoms with Crippen LogP contribution in [0.2, 0.25) is 5.02 Å². The second kappa shape index (κ2) is 9.48. The minimum absolute atomic E-state index is 0.0165. The number of hydrogen-bond donors (Lipinski definition) is 2. The maximum absolute atomic E-state index is 13.0. The maximum atomic E-state index is 13.0. The van der Waals surface area contributed by atoms with E-state index in [0.717, 1.165) is 0 Å². The Balaban J connectivity index is 1.56. The summed E-state index contributed by atoms with van der Waals surface area (Å²) < 4.78 is 32.5. The van der Waals surface area contributed by atoms with E-state index in [1.54, 1.807) is 24.3 Å². The number of primary amides is 1. The van der Waals surface area contributed by atoms with Gasteiger partial charge in [-0.2, -0.15) is 9.41 Å². The van der Waals surface area contributed by atoms with Crippen LogP contribution in [0.15, 0.2) is 58.5 Å². The summed E-state index contributed by atoms with van der Waals surface area (Å²) in [6.45, 7) is 1.03. The third-order valence-corrected chi connectivity index (χ3v) is 7.68. The topological polar surface area (TPSA) is 134 Å². The number of para-hydroxylation sites is 1. The molecule has 0 bridgehead atoms. The van der Waals surface area contributed by atoms with Crippen molar-refractivity contribution in [1.82, 2.24) is 4.31 Å². The Bertz CT molecular complexity index is 1200. The Morgan fingerprint density at radius 1 is 1.12 bits per heavy atom. The zero-order valence-corrected chi connectivity index (χ0v) is 19.1. The summed E-state index contributed by atoms with van der Waals surface area (Å²) in [7, 11) is -3.86. The second-order valence-corrected chi connectivity index (χ2v) is 9.78. The number of nitrogens with one attached hydrogen (secondary N) is 1. The molecular weight excluding hydrogens is 470 g/mol. The lowest BCUT2D eigenvalue weighted by Gasteiger charge is -2.26. The lowest BCUT2D eigenvalue weighted by molar-refractivity contribution is -0.119. The van der Waals surface area contributed by atoms with Gasteiger partial charge in [0.15, 0.2) is 0 Å². The Hall–Kier alpha value is -2.99. The lowest BCUT2D eigenvalue weighted by Crippen LogP contribution is -2.40. The predicted octanol–water partition coefficient (Wildman–Crippen LogP) is 1.42. The quantitative estimate of drug-likeness (QED) is 0.627. The average Bonchev–Trinajstić information content (AvgIpc) is 3.28. The predicted molar refractivity (Wildman–Crippen MR) is 124 cm³/mol. The van der Waals surface area contributed by atoms with Crippen molar-refractivity contribution in [3.8, 4) is 0 Å². The average molecular weight is 492 g/mol. The Labute approximate surface area is 196 Å². The summed E-state index contributed by atoms with van der Waals surface area (Å²) in [5.74, 6) is -1.19. The van der Waals surface area contributed by atoms with E-state index < -0.39 is 27.9 Å². The number of nitrogens with zero attached hydrogens (tertiary/aromatic N) is 3. The fraction of sp³-hybridized carbons (Fsp3) is 0.286. The summed E-state index contributed by atoms with van der Waals surface area (Å²) in [4.78, 5) is 24.7. The van der Waals surface area contributed by atoms with Gasteiger partial charge in [-0.15, -0.1) is 0 Å². The van der Waals surface area contributed by atoms with Gasteiger partial charge in [0, 0.05) is 25.2 Å². The first-order valence-corrected chi connectivity index (χ1v) is 12.0. The Morgan fingerprint density at radius 2 is 1.82 bits per heavy atom. The molecule has 174 valence electrons. The highest BCUT2D eigenvalue weighted by Crippen LogP contribution is 2.29. The molecule has 2 aromatic carbocycles. The maximum Gasteiger partial charge on any atom is 0.271 e. The molecule has 1 unspecified atom stereocenters. The Kier molecular flexibility index (Phi) is 6.66. The van der Waals surface area contributed by atoms with Crippen LogP contribution in [0.1, 0.15) is 6.42 Å². The molecule has 0 aliphatic carbocycles. The highest BCUT2D eigenvalue weighted by atomic mass is 35.5. The van der Waals surface area contributed by atoms with Gasteiger partial charge >= 0.3 is 0 Å². The van der Waals surface area contributed by atoms with Crippen molar-refractivity contribution >= 4 is 50.5 Å². The molecule has 4 rings (SSSR count). The number of amides is 2. The zero-order chi connectivity index (χ0) is 23.6. The number of morpholine rings is 1. The molecule has 1 fully saturated rings. The molecule has 2 aliphatic rings. The molecule has 12 heteroatoms. The van der Waals surface area contributed by atoms with Crippen LogP contribution < -0.4 is 16.1 Å². The normalized spacial score (nSPS) is 19.2. The van der Waals surface area contributed by atoms with E-state index >= 15 is 0 Å². The number of halogens is 1. The molecule has 3 N–H and O–H groups in total. The van der Waals surface area contributed by atoms with Gasteiger partial charge in [0.05, 0.1) is 23.9 Å². The van der Waals surface area contributed by atoms with Crippen LogP contribution in [0.3, 0.4) is 0 Å². The fourth-order valence-corrected chi connectivity index (χ4v) is 5.50. The lowest BCUT2D eigenvalue weighted by atomic mass is 10.1. The molecule has 2 aliphatic heterocycles. The van der Waals surface area contributed by atoms with Gasteiger partial charge in [-0.1, -0.05) is 29.8 Å². The monoisotopic (exact) mass is 491 g/mol. The fourth-order valence-electron chi connectivity index (χ4n) is 3.60. The number of carbonyl (C=O) groups excluding carboxylic acids is 2. The molecule has 0 saturated carbocycles. The number of nitrogens with two attached hydrogens (primary N) is 1. The summed E-state index contributed by atoms with van der Waals surface area (Å²) in [5, 5.41) is 8.39. The van der Waals surface area contributed by atoms with Gasteiger partial charge in [0.25, 0.3) is 5.91 Å². The summed E-state index contributed by atoms with van der Waals surface area (Å²) in [5.41, 5.74) is 6.46. The van der Waals surface area contributed by atoms with Crippen molar-refractivity contribution in [2.24, 2.45) is 10.8 Å². The number of hydrogen-bond acceptors (Lipinski definition) is 7. The molecule has 10 nitrogen and oxygen atoms in total. The van der Waals surface area contributed by atoms with Crippen molar-refractivity contribution in [3.05, 3.63) is 53.6 Å². The van der Waals surface area contributed by atoms with Crippen LogP contribution in [0, 0.1) is 0 Å². The van der Waals surface area contributed by atoms with Crippen molar-refractivity contribution in [3.63, 3.8) is 0 Å². The Morgan fingerprint density at radius 3 is 2.48 bits per heavy atom. The minimum atomic E-state index is -3.86. The molecule has 0 radical (unpaired) electrons. The van der Waals surface area contributed by atoms with E-state index in [-0.39, 0.29) is 40.8 Å². The van der Waals surface area contributed by atoms with Gasteiger partial charge < -0.3 is 15.8 Å². The van der Waals surface area contributed by atoms with E-state index in [9.17, 15) is 18.0 Å². The van der Waals surface area contributed by atoms with Crippen molar-refractivity contribution in [2.75, 3.05) is 36.6 Å². The molecule has 2 amide bonds. The molecule has 2 aromatic rings. The van der Waals surface area contributed by atoms with Crippen LogP contribution >= 0.6 is 11.6 Å². The summed E-state index contributed by atoms with van der Waals surface area (Å²) in [6.07, 6.45) is 0.0165. The summed E-state index contributed by atoms with van der Waals surface area (Å²) in [6, 6.07) is 12.3. The smallest absolute Gasteiger partial charge is 0.271 e. The molecular formula is C21H22ClN5O5S. The van der Waals surface area contributed by atoms with Gasteiger partial charge in [-0.3, -0.25) is 14.6 Å². The van der Waals surface area contributed by atoms with Crippen molar-refractivity contribution < 1.29 is 22.7 Å². The molecule has 0 aromatic heterocycles. The van der Waals surface area contributed by atoms with E-state index in [4.69, 9.17) is 22.1 Å². The number of benzene rings is 2. The largest absolute Gasteiger partial charge is 0.379 e. The van der Waals surface area contributed by atoms with Gasteiger partial charge in [-0.25, -0.2) is 8.42 Å². The van der Waals surface area contributed by atoms with E-state index in [0.29, 0.717) is 18.9 Å². The van der Waals surface area contributed by atoms with E-state index in [2.05, 4.69) is 10.4 Å². The number of carbonyl (C=O) groups is 2. The number of ether oxygens (including phenoxy) is 1. The number of sulfonamides is 1. The standard InChI is InChI=1S/C21H22ClN5O5S/c22-16-7-6-14(12-19(16)33(30,31)26-8-10-32-11-9-26)24-21(29)17-13-18(20(23)28)27(25-17)15-4-2-1-3-5-15/h1-7,12,18H,8-11,13H2,(H2,23,28)(H,24,29). The van der Waals surface area contributed by atoms with Crippen molar-refractivity contribution in [1.29, 1.82) is 0 Å². The van der Waals surface area contributed by atoms with Crippen LogP contribution in [0.4, 0.5) is 11.4 Å². The number of anilines is 2. The van der Waals surface area contributed by atoms with Gasteiger partial charge in [-0.05, 0) is 30.3 Å². The molecule has 33 heavy (non-hydrogen) atoms. The van der Waals surface area contributed by atoms with Crippen LogP contribution in [0.25, 0.3) is 0 Å². The van der Waals surface area contributed by atoms with E-state index in [1.165, 1.54) is 27.5 Å². The molecule has 1 atom stereocenters. The SMILES string of the molecule is NC(=O)C1CC(C(=O)Nc2ccc(Cl)c(S(=O)(=O)N3CCOCC3)c2)=NN1c1ccccc1. The highest BCUT2D eigenvalue weighted by Gasteiger charge is 2.35. The third kappa shape index (κ3) is 4.86. The summed E-state index contributed by atoms with van der Waals surface area (Å²) >= 11 is 6.17. The first kappa shape index (κ1) is 23.2. The molecule has 1 saturated heterocycles. The second-order valence-electron chi connectivity index (χ2n) is 7.46. The van der Waals surface area contributed by atoms with Crippen LogP contribution in [-0.4, -0.2) is 62.6 Å². The van der Waals surface area contributed by atoms with Crippen molar-refractivity contribution in [2.45, 2.75) is 17.4 Å². The number of rotatable bonds is 6. The van der Waals surface area contributed by atoms with Gasteiger partial charge in [0.1, 0.15) is 16.6 Å². The minimum Gasteiger partial charge on any atom is -0.379 e. The zero-order valence-electron chi connectivity index (χ0n) is 17.5. The van der Waals surface area contributed by atoms with Crippen LogP contribution in [0.5, 0.6) is 0 Å². The van der Waals surface area contributed by atoms with Gasteiger partial charge in [0.2, 0.25) is 15.9 Å². The third-order valence-electron chi connectivity index (χ3n) is 5.30. The highest BCUT2D eigenvalue weighted by molar-refractivity contribution is 7.89. The molecule has 0 spiro atoms. The van der Waals surface area contributed by atoms with Crippen LogP contribution in [-0.2, 0) is 24.3 Å². The first-order chi connectivity index (χ1) is 15.8.